The lowest BCUT2D eigenvalue weighted by molar-refractivity contribution is 0.410. The van der Waals surface area contributed by atoms with Gasteiger partial charge < -0.3 is 4.90 Å². The van der Waals surface area contributed by atoms with Crippen molar-refractivity contribution in [3.63, 3.8) is 0 Å². The molecule has 134 valence electrons. The van der Waals surface area contributed by atoms with Crippen molar-refractivity contribution in [3.05, 3.63) is 66.3 Å². The Morgan fingerprint density at radius 2 is 2.08 bits per heavy atom. The van der Waals surface area contributed by atoms with E-state index >= 15 is 0 Å². The van der Waals surface area contributed by atoms with Gasteiger partial charge in [0.15, 0.2) is 5.13 Å². The number of pyridine rings is 1. The molecule has 0 bridgehead atoms. The first-order valence-electron chi connectivity index (χ1n) is 9.24. The first-order chi connectivity index (χ1) is 12.7. The number of hydrogen-bond acceptors (Lipinski definition) is 5. The maximum absolute atomic E-state index is 4.91. The fourth-order valence-corrected chi connectivity index (χ4v) is 4.43. The second kappa shape index (κ2) is 7.46. The van der Waals surface area contributed by atoms with E-state index in [1.807, 2.05) is 18.5 Å². The number of benzene rings is 1. The van der Waals surface area contributed by atoms with Crippen molar-refractivity contribution in [2.45, 2.75) is 32.7 Å². The summed E-state index contributed by atoms with van der Waals surface area (Å²) in [6.45, 7) is 9.49. The Kier molecular flexibility index (Phi) is 4.89. The molecule has 3 heterocycles. The third kappa shape index (κ3) is 3.44. The van der Waals surface area contributed by atoms with Crippen molar-refractivity contribution in [1.82, 2.24) is 14.9 Å². The molecule has 4 rings (SSSR count). The highest BCUT2D eigenvalue weighted by Crippen LogP contribution is 2.33. The van der Waals surface area contributed by atoms with Crippen LogP contribution in [0.2, 0.25) is 0 Å². The third-order valence-corrected chi connectivity index (χ3v) is 5.97. The summed E-state index contributed by atoms with van der Waals surface area (Å²) in [5, 5.41) is 1.01. The SMILES string of the molecule is C=C(N1CCCC1)N(Cc1cccnc1)c1nc2ccc(CC)cc2s1. The van der Waals surface area contributed by atoms with Crippen molar-refractivity contribution in [2.24, 2.45) is 0 Å². The predicted molar refractivity (Wildman–Crippen MR) is 109 cm³/mol. The highest BCUT2D eigenvalue weighted by Gasteiger charge is 2.22. The van der Waals surface area contributed by atoms with Crippen LogP contribution in [-0.2, 0) is 13.0 Å². The summed E-state index contributed by atoms with van der Waals surface area (Å²) in [4.78, 5) is 13.8. The van der Waals surface area contributed by atoms with E-state index in [0.717, 1.165) is 42.5 Å². The molecule has 0 amide bonds. The quantitative estimate of drug-likeness (QED) is 0.627. The molecule has 0 aliphatic carbocycles. The summed E-state index contributed by atoms with van der Waals surface area (Å²) in [5.74, 6) is 1.04. The summed E-state index contributed by atoms with van der Waals surface area (Å²) in [7, 11) is 0. The lowest BCUT2D eigenvalue weighted by Crippen LogP contribution is -2.33. The molecule has 1 fully saturated rings. The van der Waals surface area contributed by atoms with Gasteiger partial charge in [-0.3, -0.25) is 9.88 Å². The van der Waals surface area contributed by atoms with E-state index in [0.29, 0.717) is 0 Å². The average molecular weight is 365 g/mol. The summed E-state index contributed by atoms with van der Waals surface area (Å²) in [6, 6.07) is 10.7. The fraction of sp³-hybridized carbons (Fsp3) is 0.333. The number of aromatic nitrogens is 2. The highest BCUT2D eigenvalue weighted by molar-refractivity contribution is 7.22. The van der Waals surface area contributed by atoms with Crippen molar-refractivity contribution < 1.29 is 0 Å². The minimum atomic E-state index is 0.740. The lowest BCUT2D eigenvalue weighted by atomic mass is 10.2. The molecule has 5 heteroatoms. The summed E-state index contributed by atoms with van der Waals surface area (Å²) < 4.78 is 1.24. The number of fused-ring (bicyclic) bond motifs is 1. The van der Waals surface area contributed by atoms with Crippen LogP contribution >= 0.6 is 11.3 Å². The van der Waals surface area contributed by atoms with Gasteiger partial charge >= 0.3 is 0 Å². The molecule has 0 radical (unpaired) electrons. The van der Waals surface area contributed by atoms with Crippen LogP contribution in [0.3, 0.4) is 0 Å². The third-order valence-electron chi connectivity index (χ3n) is 4.93. The maximum Gasteiger partial charge on any atom is 0.192 e. The molecule has 0 unspecified atom stereocenters. The van der Waals surface area contributed by atoms with Gasteiger partial charge in [-0.1, -0.05) is 37.0 Å². The Morgan fingerprint density at radius 1 is 1.23 bits per heavy atom. The standard InChI is InChI=1S/C21H24N4S/c1-3-17-8-9-19-20(13-17)26-21(23-19)25(15-18-7-6-10-22-14-18)16(2)24-11-4-5-12-24/h6-10,13-14H,2-5,11-12,15H2,1H3. The second-order valence-electron chi connectivity index (χ2n) is 6.71. The van der Waals surface area contributed by atoms with Crippen LogP contribution in [0.1, 0.15) is 30.9 Å². The summed E-state index contributed by atoms with van der Waals surface area (Å²) in [5.41, 5.74) is 3.58. The number of nitrogens with zero attached hydrogens (tertiary/aromatic N) is 4. The van der Waals surface area contributed by atoms with E-state index in [9.17, 15) is 0 Å². The molecule has 0 saturated carbocycles. The zero-order valence-corrected chi connectivity index (χ0v) is 16.0. The van der Waals surface area contributed by atoms with E-state index in [1.54, 1.807) is 11.3 Å². The number of hydrogen-bond donors (Lipinski definition) is 0. The molecular formula is C21H24N4S. The van der Waals surface area contributed by atoms with Gasteiger partial charge in [0.1, 0.15) is 5.82 Å². The molecule has 0 spiro atoms. The zero-order chi connectivity index (χ0) is 17.9. The molecule has 26 heavy (non-hydrogen) atoms. The van der Waals surface area contributed by atoms with Gasteiger partial charge in [-0.05, 0) is 48.6 Å². The molecule has 0 atom stereocenters. The molecular weight excluding hydrogens is 340 g/mol. The monoisotopic (exact) mass is 364 g/mol. The van der Waals surface area contributed by atoms with Crippen LogP contribution in [0.25, 0.3) is 10.2 Å². The summed E-state index contributed by atoms with van der Waals surface area (Å²) in [6.07, 6.45) is 7.25. The van der Waals surface area contributed by atoms with E-state index in [2.05, 4.69) is 52.6 Å². The molecule has 3 aromatic rings. The van der Waals surface area contributed by atoms with Crippen molar-refractivity contribution in [2.75, 3.05) is 18.0 Å². The Balaban J connectivity index is 1.70. The van der Waals surface area contributed by atoms with Gasteiger partial charge in [0, 0.05) is 25.5 Å². The minimum absolute atomic E-state index is 0.740. The van der Waals surface area contributed by atoms with Crippen LogP contribution in [0, 0.1) is 0 Å². The first-order valence-corrected chi connectivity index (χ1v) is 10.1. The lowest BCUT2D eigenvalue weighted by Gasteiger charge is -2.31. The molecule has 1 aromatic carbocycles. The molecule has 0 N–H and O–H groups in total. The Hall–Kier alpha value is -2.40. The van der Waals surface area contributed by atoms with Crippen LogP contribution < -0.4 is 4.90 Å². The van der Waals surface area contributed by atoms with Gasteiger partial charge in [0.05, 0.1) is 16.8 Å². The number of likely N-dealkylation sites (tertiary alicyclic amines) is 1. The molecule has 4 nitrogen and oxygen atoms in total. The van der Waals surface area contributed by atoms with Crippen molar-refractivity contribution >= 4 is 26.7 Å². The first kappa shape index (κ1) is 17.0. The van der Waals surface area contributed by atoms with Crippen LogP contribution in [0.15, 0.2) is 55.1 Å². The van der Waals surface area contributed by atoms with E-state index < -0.39 is 0 Å². The smallest absolute Gasteiger partial charge is 0.192 e. The minimum Gasteiger partial charge on any atom is -0.358 e. The van der Waals surface area contributed by atoms with Gasteiger partial charge in [0.2, 0.25) is 0 Å². The van der Waals surface area contributed by atoms with Crippen LogP contribution in [0.4, 0.5) is 5.13 Å². The van der Waals surface area contributed by atoms with E-state index in [1.165, 1.54) is 28.7 Å². The normalized spacial score (nSPS) is 14.1. The predicted octanol–water partition coefficient (Wildman–Crippen LogP) is 4.83. The molecule has 2 aromatic heterocycles. The van der Waals surface area contributed by atoms with Crippen LogP contribution in [-0.4, -0.2) is 28.0 Å². The van der Waals surface area contributed by atoms with Crippen molar-refractivity contribution in [3.8, 4) is 0 Å². The topological polar surface area (TPSA) is 32.3 Å². The van der Waals surface area contributed by atoms with E-state index in [-0.39, 0.29) is 0 Å². The fourth-order valence-electron chi connectivity index (χ4n) is 3.38. The second-order valence-corrected chi connectivity index (χ2v) is 7.72. The van der Waals surface area contributed by atoms with Gasteiger partial charge in [0.25, 0.3) is 0 Å². The number of rotatable bonds is 6. The average Bonchev–Trinajstić information content (AvgIpc) is 3.35. The highest BCUT2D eigenvalue weighted by atomic mass is 32.1. The van der Waals surface area contributed by atoms with Crippen LogP contribution in [0.5, 0.6) is 0 Å². The Labute approximate surface area is 158 Å². The van der Waals surface area contributed by atoms with Crippen molar-refractivity contribution in [1.29, 1.82) is 0 Å². The zero-order valence-electron chi connectivity index (χ0n) is 15.2. The molecule has 1 saturated heterocycles. The number of thiazole rings is 1. The largest absolute Gasteiger partial charge is 0.358 e. The van der Waals surface area contributed by atoms with Gasteiger partial charge in [-0.15, -0.1) is 0 Å². The van der Waals surface area contributed by atoms with Gasteiger partial charge in [-0.2, -0.15) is 0 Å². The Bertz CT molecular complexity index is 897. The van der Waals surface area contributed by atoms with Gasteiger partial charge in [-0.25, -0.2) is 4.98 Å². The molecule has 1 aliphatic rings. The Morgan fingerprint density at radius 3 is 2.81 bits per heavy atom. The number of aryl methyl sites for hydroxylation is 1. The maximum atomic E-state index is 4.91. The number of anilines is 1. The molecule has 1 aliphatic heterocycles. The summed E-state index contributed by atoms with van der Waals surface area (Å²) >= 11 is 1.75. The van der Waals surface area contributed by atoms with E-state index in [4.69, 9.17) is 4.98 Å².